The van der Waals surface area contributed by atoms with Gasteiger partial charge >= 0.3 is 6.09 Å². The van der Waals surface area contributed by atoms with E-state index in [4.69, 9.17) is 10.5 Å². The Labute approximate surface area is 164 Å². The average Bonchev–Trinajstić information content (AvgIpc) is 2.45. The molecule has 0 aromatic heterocycles. The number of hydrogen-bond acceptors (Lipinski definition) is 3. The minimum atomic E-state index is -0.475. The van der Waals surface area contributed by atoms with Crippen LogP contribution in [0, 0.1) is 0 Å². The second kappa shape index (κ2) is 11.0. The van der Waals surface area contributed by atoms with Crippen LogP contribution in [-0.4, -0.2) is 48.2 Å². The lowest BCUT2D eigenvalue weighted by Gasteiger charge is -2.28. The number of hydrogen-bond donors (Lipinski definition) is 2. The summed E-state index contributed by atoms with van der Waals surface area (Å²) in [6, 6.07) is 0.519. The van der Waals surface area contributed by atoms with Crippen LogP contribution in [0.3, 0.4) is 0 Å². The Bertz CT molecular complexity index is 404. The van der Waals surface area contributed by atoms with Crippen LogP contribution in [-0.2, 0) is 4.74 Å². The smallest absolute Gasteiger partial charge is 0.410 e. The van der Waals surface area contributed by atoms with Gasteiger partial charge in [0.1, 0.15) is 5.60 Å². The van der Waals surface area contributed by atoms with E-state index in [1.165, 1.54) is 32.1 Å². The Morgan fingerprint density at radius 3 is 2.46 bits per heavy atom. The first-order valence-corrected chi connectivity index (χ1v) is 8.71. The number of aliphatic imine (C=N–C) groups is 1. The minimum absolute atomic E-state index is 0. The zero-order valence-corrected chi connectivity index (χ0v) is 18.1. The highest BCUT2D eigenvalue weighted by Gasteiger charge is 2.22. The molecule has 7 heteroatoms. The molecule has 6 nitrogen and oxygen atoms in total. The monoisotopic (exact) mass is 454 g/mol. The summed E-state index contributed by atoms with van der Waals surface area (Å²) >= 11 is 0. The predicted molar refractivity (Wildman–Crippen MR) is 110 cm³/mol. The third-order valence-electron chi connectivity index (χ3n) is 4.13. The van der Waals surface area contributed by atoms with E-state index in [0.29, 0.717) is 18.5 Å². The van der Waals surface area contributed by atoms with E-state index in [0.717, 1.165) is 6.42 Å². The fourth-order valence-corrected chi connectivity index (χ4v) is 2.58. The highest BCUT2D eigenvalue weighted by atomic mass is 127. The molecular formula is C17H35IN4O2. The summed E-state index contributed by atoms with van der Waals surface area (Å²) in [6.45, 7) is 8.19. The zero-order chi connectivity index (χ0) is 17.5. The molecule has 0 heterocycles. The van der Waals surface area contributed by atoms with Crippen molar-refractivity contribution in [2.24, 2.45) is 10.7 Å². The second-order valence-corrected chi connectivity index (χ2v) is 7.48. The molecule has 1 amide bonds. The summed E-state index contributed by atoms with van der Waals surface area (Å²) in [5, 5.41) is 3.30. The minimum Gasteiger partial charge on any atom is -0.444 e. The number of carbonyl (C=O) groups is 1. The lowest BCUT2D eigenvalue weighted by atomic mass is 9.96. The Morgan fingerprint density at radius 2 is 1.92 bits per heavy atom. The summed E-state index contributed by atoms with van der Waals surface area (Å²) in [5.41, 5.74) is 5.47. The van der Waals surface area contributed by atoms with Gasteiger partial charge in [0.05, 0.1) is 0 Å². The summed E-state index contributed by atoms with van der Waals surface area (Å²) < 4.78 is 5.36. The van der Waals surface area contributed by atoms with Gasteiger partial charge in [0.25, 0.3) is 0 Å². The molecule has 1 unspecified atom stereocenters. The first kappa shape index (κ1) is 23.3. The highest BCUT2D eigenvalue weighted by Crippen LogP contribution is 2.17. The van der Waals surface area contributed by atoms with E-state index in [1.54, 1.807) is 11.9 Å². The van der Waals surface area contributed by atoms with Gasteiger partial charge in [-0.2, -0.15) is 0 Å². The molecule has 1 aliphatic rings. The van der Waals surface area contributed by atoms with Crippen LogP contribution in [0.4, 0.5) is 4.79 Å². The van der Waals surface area contributed by atoms with Crippen molar-refractivity contribution < 1.29 is 9.53 Å². The van der Waals surface area contributed by atoms with Crippen LogP contribution in [0.2, 0.25) is 0 Å². The number of nitrogens with two attached hydrogens (primary N) is 1. The van der Waals surface area contributed by atoms with Gasteiger partial charge in [-0.1, -0.05) is 19.3 Å². The fourth-order valence-electron chi connectivity index (χ4n) is 2.58. The Kier molecular flexibility index (Phi) is 10.7. The SMILES string of the molecule is CC(CCN=C(N)NC1CCCCC1)N(C)C(=O)OC(C)(C)C.I. The largest absolute Gasteiger partial charge is 0.444 e. The van der Waals surface area contributed by atoms with E-state index in [-0.39, 0.29) is 36.1 Å². The van der Waals surface area contributed by atoms with Crippen molar-refractivity contribution in [2.75, 3.05) is 13.6 Å². The van der Waals surface area contributed by atoms with Gasteiger partial charge < -0.3 is 20.7 Å². The number of rotatable bonds is 5. The molecule has 3 N–H and O–H groups in total. The summed E-state index contributed by atoms with van der Waals surface area (Å²) in [5.74, 6) is 0.518. The summed E-state index contributed by atoms with van der Waals surface area (Å²) in [7, 11) is 1.76. The topological polar surface area (TPSA) is 80.0 Å². The van der Waals surface area contributed by atoms with E-state index in [9.17, 15) is 4.79 Å². The molecule has 0 aromatic rings. The third-order valence-corrected chi connectivity index (χ3v) is 4.13. The number of carbonyl (C=O) groups excluding carboxylic acids is 1. The van der Waals surface area contributed by atoms with Crippen molar-refractivity contribution in [2.45, 2.75) is 83.9 Å². The Hall–Kier alpha value is -0.730. The number of nitrogens with one attached hydrogen (secondary N) is 1. The van der Waals surface area contributed by atoms with Crippen molar-refractivity contribution in [1.29, 1.82) is 0 Å². The van der Waals surface area contributed by atoms with Crippen LogP contribution in [0.1, 0.15) is 66.2 Å². The van der Waals surface area contributed by atoms with E-state index >= 15 is 0 Å². The van der Waals surface area contributed by atoms with Crippen LogP contribution in [0.25, 0.3) is 0 Å². The molecule has 142 valence electrons. The van der Waals surface area contributed by atoms with Crippen molar-refractivity contribution in [1.82, 2.24) is 10.2 Å². The molecule has 0 bridgehead atoms. The Balaban J connectivity index is 0.00000529. The fraction of sp³-hybridized carbons (Fsp3) is 0.882. The van der Waals surface area contributed by atoms with Gasteiger partial charge in [0.2, 0.25) is 0 Å². The molecule has 1 fully saturated rings. The summed E-state index contributed by atoms with van der Waals surface area (Å²) in [6.07, 6.45) is 6.65. The number of amides is 1. The molecule has 1 saturated carbocycles. The first-order chi connectivity index (χ1) is 10.7. The summed E-state index contributed by atoms with van der Waals surface area (Å²) in [4.78, 5) is 18.0. The van der Waals surface area contributed by atoms with Gasteiger partial charge in [-0.3, -0.25) is 4.99 Å². The van der Waals surface area contributed by atoms with Crippen molar-refractivity contribution in [3.05, 3.63) is 0 Å². The van der Waals surface area contributed by atoms with Crippen molar-refractivity contribution in [3.63, 3.8) is 0 Å². The molecule has 0 radical (unpaired) electrons. The van der Waals surface area contributed by atoms with Gasteiger partial charge in [-0.05, 0) is 47.0 Å². The van der Waals surface area contributed by atoms with Crippen molar-refractivity contribution in [3.8, 4) is 0 Å². The van der Waals surface area contributed by atoms with Crippen LogP contribution in [0.5, 0.6) is 0 Å². The number of guanidine groups is 1. The lowest BCUT2D eigenvalue weighted by molar-refractivity contribution is 0.0231. The first-order valence-electron chi connectivity index (χ1n) is 8.71. The number of ether oxygens (including phenoxy) is 1. The normalized spacial score (nSPS) is 17.6. The number of halogens is 1. The van der Waals surface area contributed by atoms with Crippen LogP contribution >= 0.6 is 24.0 Å². The van der Waals surface area contributed by atoms with Gasteiger partial charge in [-0.25, -0.2) is 4.79 Å². The highest BCUT2D eigenvalue weighted by molar-refractivity contribution is 14.0. The van der Waals surface area contributed by atoms with Gasteiger partial charge in [-0.15, -0.1) is 24.0 Å². The van der Waals surface area contributed by atoms with E-state index in [2.05, 4.69) is 10.3 Å². The molecule has 1 atom stereocenters. The van der Waals surface area contributed by atoms with Gasteiger partial charge in [0.15, 0.2) is 5.96 Å². The molecule has 0 aliphatic heterocycles. The van der Waals surface area contributed by atoms with Gasteiger partial charge in [0, 0.05) is 25.7 Å². The van der Waals surface area contributed by atoms with Crippen LogP contribution < -0.4 is 11.1 Å². The second-order valence-electron chi connectivity index (χ2n) is 7.48. The third kappa shape index (κ3) is 9.54. The molecule has 0 spiro atoms. The molecule has 1 aliphatic carbocycles. The Morgan fingerprint density at radius 1 is 1.33 bits per heavy atom. The standard InChI is InChI=1S/C17H34N4O2.HI/c1-13(21(5)16(22)23-17(2,3)4)11-12-19-15(18)20-14-9-7-6-8-10-14;/h13-14H,6-12H2,1-5H3,(H3,18,19,20);1H. The van der Waals surface area contributed by atoms with Crippen LogP contribution in [0.15, 0.2) is 4.99 Å². The molecule has 0 aromatic carbocycles. The maximum Gasteiger partial charge on any atom is 0.410 e. The average molecular weight is 454 g/mol. The zero-order valence-electron chi connectivity index (χ0n) is 15.8. The molecule has 0 saturated heterocycles. The van der Waals surface area contributed by atoms with E-state index < -0.39 is 5.60 Å². The maximum absolute atomic E-state index is 12.0. The van der Waals surface area contributed by atoms with E-state index in [1.807, 2.05) is 27.7 Å². The molecular weight excluding hydrogens is 419 g/mol. The molecule has 1 rings (SSSR count). The predicted octanol–water partition coefficient (Wildman–Crippen LogP) is 3.49. The maximum atomic E-state index is 12.0. The lowest BCUT2D eigenvalue weighted by Crippen LogP contribution is -2.41. The molecule has 24 heavy (non-hydrogen) atoms. The number of nitrogens with zero attached hydrogens (tertiary/aromatic N) is 2. The quantitative estimate of drug-likeness (QED) is 0.379. The van der Waals surface area contributed by atoms with Crippen molar-refractivity contribution >= 4 is 36.0 Å².